The largest absolute Gasteiger partial charge is 0.463 e. The summed E-state index contributed by atoms with van der Waals surface area (Å²) in [6, 6.07) is 0. The quantitative estimate of drug-likeness (QED) is 0.693. The van der Waals surface area contributed by atoms with Gasteiger partial charge in [-0.3, -0.25) is 4.90 Å². The van der Waals surface area contributed by atoms with E-state index < -0.39 is 6.23 Å². The molecular formula is C15H30N2O3. The summed E-state index contributed by atoms with van der Waals surface area (Å²) < 4.78 is 10.3. The van der Waals surface area contributed by atoms with Crippen LogP contribution in [0.15, 0.2) is 0 Å². The van der Waals surface area contributed by atoms with E-state index in [2.05, 4.69) is 30.6 Å². The topological polar surface area (TPSA) is 42.0 Å². The normalized spacial score (nSPS) is 19.9. The number of methoxy groups -OCH3 is 1. The maximum atomic E-state index is 11.8. The monoisotopic (exact) mass is 286 g/mol. The van der Waals surface area contributed by atoms with Gasteiger partial charge in [0.25, 0.3) is 0 Å². The molecule has 5 nitrogen and oxygen atoms in total. The summed E-state index contributed by atoms with van der Waals surface area (Å²) >= 11 is 0. The molecule has 1 saturated heterocycles. The van der Waals surface area contributed by atoms with E-state index in [1.54, 1.807) is 7.11 Å². The van der Waals surface area contributed by atoms with Gasteiger partial charge in [0.1, 0.15) is 0 Å². The number of ether oxygens (including phenoxy) is 2. The molecule has 1 aliphatic rings. The zero-order valence-corrected chi connectivity index (χ0v) is 13.6. The van der Waals surface area contributed by atoms with Gasteiger partial charge >= 0.3 is 5.97 Å². The van der Waals surface area contributed by atoms with Crippen LogP contribution < -0.4 is 0 Å². The highest BCUT2D eigenvalue weighted by Crippen LogP contribution is 2.19. The van der Waals surface area contributed by atoms with Crippen molar-refractivity contribution in [3.63, 3.8) is 0 Å². The van der Waals surface area contributed by atoms with E-state index >= 15 is 0 Å². The van der Waals surface area contributed by atoms with Gasteiger partial charge < -0.3 is 14.4 Å². The van der Waals surface area contributed by atoms with E-state index in [0.29, 0.717) is 12.0 Å². The highest BCUT2D eigenvalue weighted by atomic mass is 16.6. The Balaban J connectivity index is 2.38. The molecule has 1 heterocycles. The molecule has 0 bridgehead atoms. The van der Waals surface area contributed by atoms with Gasteiger partial charge in [0, 0.05) is 33.3 Å². The minimum atomic E-state index is -0.556. The Morgan fingerprint density at radius 2 is 1.80 bits per heavy atom. The van der Waals surface area contributed by atoms with Crippen molar-refractivity contribution in [2.75, 3.05) is 46.4 Å². The average Bonchev–Trinajstić information content (AvgIpc) is 2.38. The molecular weight excluding hydrogens is 256 g/mol. The third-order valence-electron chi connectivity index (χ3n) is 3.63. The van der Waals surface area contributed by atoms with Gasteiger partial charge in [-0.15, -0.1) is 0 Å². The fourth-order valence-corrected chi connectivity index (χ4v) is 2.32. The molecule has 0 aromatic heterocycles. The first-order chi connectivity index (χ1) is 9.37. The van der Waals surface area contributed by atoms with Gasteiger partial charge in [-0.25, -0.2) is 4.79 Å². The maximum Gasteiger partial charge on any atom is 0.350 e. The van der Waals surface area contributed by atoms with E-state index in [1.807, 2.05) is 6.92 Å². The van der Waals surface area contributed by atoms with Gasteiger partial charge in [-0.2, -0.15) is 0 Å². The molecule has 0 aromatic carbocycles. The standard InChI is InChI=1S/C15H30N2O3/c1-6-20-14(18)13(19-5)17-11-9-16(10-12-17)8-7-15(2,3)4/h13H,6-12H2,1-5H3. The molecule has 0 amide bonds. The van der Waals surface area contributed by atoms with Crippen molar-refractivity contribution in [3.05, 3.63) is 0 Å². The smallest absolute Gasteiger partial charge is 0.350 e. The van der Waals surface area contributed by atoms with Crippen molar-refractivity contribution >= 4 is 5.97 Å². The molecule has 0 radical (unpaired) electrons. The third-order valence-corrected chi connectivity index (χ3v) is 3.63. The predicted molar refractivity (Wildman–Crippen MR) is 79.5 cm³/mol. The molecule has 118 valence electrons. The number of piperazine rings is 1. The van der Waals surface area contributed by atoms with Crippen LogP contribution in [-0.4, -0.2) is 68.4 Å². The van der Waals surface area contributed by atoms with Crippen molar-refractivity contribution in [1.29, 1.82) is 0 Å². The SMILES string of the molecule is CCOC(=O)C(OC)N1CCN(CCC(C)(C)C)CC1. The fraction of sp³-hybridized carbons (Fsp3) is 0.933. The predicted octanol–water partition coefficient (Wildman–Crippen LogP) is 1.58. The van der Waals surface area contributed by atoms with Crippen LogP contribution in [0.25, 0.3) is 0 Å². The number of hydrogen-bond donors (Lipinski definition) is 0. The summed E-state index contributed by atoms with van der Waals surface area (Å²) in [5.74, 6) is -0.279. The lowest BCUT2D eigenvalue weighted by Gasteiger charge is -2.38. The number of carbonyl (C=O) groups is 1. The van der Waals surface area contributed by atoms with Gasteiger partial charge in [0.15, 0.2) is 0 Å². The third kappa shape index (κ3) is 5.77. The number of esters is 1. The van der Waals surface area contributed by atoms with Gasteiger partial charge in [0.05, 0.1) is 6.61 Å². The van der Waals surface area contributed by atoms with Crippen LogP contribution >= 0.6 is 0 Å². The second-order valence-electron chi connectivity index (χ2n) is 6.53. The molecule has 5 heteroatoms. The summed E-state index contributed by atoms with van der Waals surface area (Å²) in [5, 5.41) is 0. The Morgan fingerprint density at radius 1 is 1.20 bits per heavy atom. The average molecular weight is 286 g/mol. The lowest BCUT2D eigenvalue weighted by Crippen LogP contribution is -2.53. The van der Waals surface area contributed by atoms with E-state index in [1.165, 1.54) is 6.42 Å². The molecule has 1 unspecified atom stereocenters. The summed E-state index contributed by atoms with van der Waals surface area (Å²) in [6.45, 7) is 13.8. The van der Waals surface area contributed by atoms with Crippen LogP contribution in [0, 0.1) is 5.41 Å². The molecule has 0 aliphatic carbocycles. The lowest BCUT2D eigenvalue weighted by atomic mass is 9.92. The van der Waals surface area contributed by atoms with Gasteiger partial charge in [0.2, 0.25) is 6.23 Å². The van der Waals surface area contributed by atoms with Gasteiger partial charge in [-0.05, 0) is 25.3 Å². The number of hydrogen-bond acceptors (Lipinski definition) is 5. The minimum absolute atomic E-state index is 0.279. The molecule has 1 fully saturated rings. The molecule has 1 rings (SSSR count). The lowest BCUT2D eigenvalue weighted by molar-refractivity contribution is -0.169. The van der Waals surface area contributed by atoms with Crippen molar-refractivity contribution in [1.82, 2.24) is 9.80 Å². The van der Waals surface area contributed by atoms with E-state index in [0.717, 1.165) is 32.7 Å². The van der Waals surface area contributed by atoms with Crippen LogP contribution in [-0.2, 0) is 14.3 Å². The molecule has 20 heavy (non-hydrogen) atoms. The zero-order valence-electron chi connectivity index (χ0n) is 13.6. The second-order valence-corrected chi connectivity index (χ2v) is 6.53. The molecule has 0 N–H and O–H groups in total. The van der Waals surface area contributed by atoms with E-state index in [-0.39, 0.29) is 5.97 Å². The van der Waals surface area contributed by atoms with Crippen LogP contribution in [0.2, 0.25) is 0 Å². The Bertz CT molecular complexity index is 294. The van der Waals surface area contributed by atoms with Crippen molar-refractivity contribution in [2.45, 2.75) is 40.3 Å². The maximum absolute atomic E-state index is 11.8. The number of rotatable bonds is 6. The highest BCUT2D eigenvalue weighted by molar-refractivity contribution is 5.74. The van der Waals surface area contributed by atoms with E-state index in [4.69, 9.17) is 9.47 Å². The van der Waals surface area contributed by atoms with Crippen LogP contribution in [0.5, 0.6) is 0 Å². The van der Waals surface area contributed by atoms with Crippen molar-refractivity contribution in [2.24, 2.45) is 5.41 Å². The zero-order chi connectivity index (χ0) is 15.2. The van der Waals surface area contributed by atoms with Crippen LogP contribution in [0.1, 0.15) is 34.1 Å². The molecule has 0 aromatic rings. The number of carbonyl (C=O) groups excluding carboxylic acids is 1. The van der Waals surface area contributed by atoms with E-state index in [9.17, 15) is 4.79 Å². The Labute approximate surface area is 123 Å². The first kappa shape index (κ1) is 17.4. The first-order valence-electron chi connectivity index (χ1n) is 7.53. The molecule has 0 spiro atoms. The summed E-state index contributed by atoms with van der Waals surface area (Å²) in [5.41, 5.74) is 0.372. The van der Waals surface area contributed by atoms with Crippen molar-refractivity contribution in [3.8, 4) is 0 Å². The Kier molecular flexibility index (Phi) is 6.92. The minimum Gasteiger partial charge on any atom is -0.463 e. The van der Waals surface area contributed by atoms with Crippen molar-refractivity contribution < 1.29 is 14.3 Å². The second kappa shape index (κ2) is 7.96. The molecule has 1 atom stereocenters. The molecule has 1 aliphatic heterocycles. The Hall–Kier alpha value is -0.650. The molecule has 0 saturated carbocycles. The van der Waals surface area contributed by atoms with Crippen LogP contribution in [0.3, 0.4) is 0 Å². The highest BCUT2D eigenvalue weighted by Gasteiger charge is 2.30. The summed E-state index contributed by atoms with van der Waals surface area (Å²) in [7, 11) is 1.56. The van der Waals surface area contributed by atoms with Gasteiger partial charge in [-0.1, -0.05) is 20.8 Å². The number of nitrogens with zero attached hydrogens (tertiary/aromatic N) is 2. The first-order valence-corrected chi connectivity index (χ1v) is 7.53. The summed E-state index contributed by atoms with van der Waals surface area (Å²) in [4.78, 5) is 16.3. The fourth-order valence-electron chi connectivity index (χ4n) is 2.32. The van der Waals surface area contributed by atoms with Crippen LogP contribution in [0.4, 0.5) is 0 Å². The Morgan fingerprint density at radius 3 is 2.25 bits per heavy atom. The summed E-state index contributed by atoms with van der Waals surface area (Å²) in [6.07, 6.45) is 0.637.